The Bertz CT molecular complexity index is 1110. The average Bonchev–Trinajstić information content (AvgIpc) is 3.13. The first kappa shape index (κ1) is 20.8. The normalized spacial score (nSPS) is 14.5. The Morgan fingerprint density at radius 1 is 1.20 bits per heavy atom. The maximum atomic E-state index is 11.6. The molecule has 0 amide bonds. The number of methoxy groups -OCH3 is 1. The summed E-state index contributed by atoms with van der Waals surface area (Å²) in [5, 5.41) is 1.15. The highest BCUT2D eigenvalue weighted by molar-refractivity contribution is 6.35. The van der Waals surface area contributed by atoms with E-state index in [1.807, 2.05) is 31.2 Å². The molecule has 1 atom stereocenters. The van der Waals surface area contributed by atoms with E-state index in [1.165, 1.54) is 6.92 Å². The molecule has 30 heavy (non-hydrogen) atoms. The SMILES string of the molecule is CCC(OC(C)=O)c1ccc(Cl)c2nc3n(c12)CCCN3c1ccc(OC)cc1Cl. The summed E-state index contributed by atoms with van der Waals surface area (Å²) in [7, 11) is 1.61. The van der Waals surface area contributed by atoms with Crippen LogP contribution in [0.25, 0.3) is 11.0 Å². The summed E-state index contributed by atoms with van der Waals surface area (Å²) in [5.74, 6) is 1.16. The molecule has 1 unspecified atom stereocenters. The molecule has 0 fully saturated rings. The van der Waals surface area contributed by atoms with Gasteiger partial charge in [0, 0.05) is 31.6 Å². The lowest BCUT2D eigenvalue weighted by molar-refractivity contribution is -0.146. The van der Waals surface area contributed by atoms with Crippen LogP contribution in [0, 0.1) is 0 Å². The van der Waals surface area contributed by atoms with Gasteiger partial charge in [0.25, 0.3) is 0 Å². The number of hydrogen-bond acceptors (Lipinski definition) is 5. The average molecular weight is 448 g/mol. The number of anilines is 2. The van der Waals surface area contributed by atoms with Gasteiger partial charge in [0.1, 0.15) is 17.4 Å². The van der Waals surface area contributed by atoms with Crippen molar-refractivity contribution in [3.63, 3.8) is 0 Å². The molecule has 0 radical (unpaired) electrons. The number of halogens is 2. The maximum Gasteiger partial charge on any atom is 0.303 e. The second-order valence-corrected chi connectivity index (χ2v) is 8.04. The molecular weight excluding hydrogens is 425 g/mol. The smallest absolute Gasteiger partial charge is 0.303 e. The third-order valence-corrected chi connectivity index (χ3v) is 5.94. The number of fused-ring (bicyclic) bond motifs is 3. The molecule has 3 aromatic rings. The van der Waals surface area contributed by atoms with Crippen LogP contribution in [0.3, 0.4) is 0 Å². The van der Waals surface area contributed by atoms with Crippen molar-refractivity contribution in [1.29, 1.82) is 0 Å². The predicted molar refractivity (Wildman–Crippen MR) is 119 cm³/mol. The molecule has 4 rings (SSSR count). The van der Waals surface area contributed by atoms with Gasteiger partial charge in [-0.25, -0.2) is 4.98 Å². The van der Waals surface area contributed by atoms with Crippen LogP contribution < -0.4 is 9.64 Å². The highest BCUT2D eigenvalue weighted by atomic mass is 35.5. The van der Waals surface area contributed by atoms with Gasteiger partial charge in [-0.15, -0.1) is 0 Å². The molecule has 0 saturated heterocycles. The third kappa shape index (κ3) is 3.59. The molecule has 2 aromatic carbocycles. The van der Waals surface area contributed by atoms with Crippen LogP contribution in [-0.2, 0) is 16.1 Å². The van der Waals surface area contributed by atoms with Gasteiger partial charge in [0.2, 0.25) is 5.95 Å². The van der Waals surface area contributed by atoms with Gasteiger partial charge in [0.05, 0.1) is 28.4 Å². The van der Waals surface area contributed by atoms with Crippen molar-refractivity contribution in [3.8, 4) is 5.75 Å². The number of carbonyl (C=O) groups is 1. The van der Waals surface area contributed by atoms with E-state index in [0.717, 1.165) is 42.2 Å². The lowest BCUT2D eigenvalue weighted by Gasteiger charge is -2.30. The van der Waals surface area contributed by atoms with Gasteiger partial charge in [0.15, 0.2) is 0 Å². The van der Waals surface area contributed by atoms with E-state index in [0.29, 0.717) is 27.7 Å². The topological polar surface area (TPSA) is 56.6 Å². The number of benzene rings is 2. The minimum Gasteiger partial charge on any atom is -0.497 e. The van der Waals surface area contributed by atoms with Crippen molar-refractivity contribution in [2.24, 2.45) is 0 Å². The molecule has 1 aromatic heterocycles. The van der Waals surface area contributed by atoms with Crippen LogP contribution in [0.5, 0.6) is 5.75 Å². The lowest BCUT2D eigenvalue weighted by Crippen LogP contribution is -2.28. The van der Waals surface area contributed by atoms with Gasteiger partial charge < -0.3 is 18.9 Å². The van der Waals surface area contributed by atoms with Crippen molar-refractivity contribution in [2.45, 2.75) is 39.3 Å². The van der Waals surface area contributed by atoms with E-state index in [9.17, 15) is 4.79 Å². The largest absolute Gasteiger partial charge is 0.497 e. The highest BCUT2D eigenvalue weighted by Gasteiger charge is 2.28. The van der Waals surface area contributed by atoms with E-state index >= 15 is 0 Å². The second kappa shape index (κ2) is 8.36. The number of imidazole rings is 1. The third-order valence-electron chi connectivity index (χ3n) is 5.33. The molecule has 158 valence electrons. The van der Waals surface area contributed by atoms with Gasteiger partial charge in [-0.2, -0.15) is 0 Å². The minimum absolute atomic E-state index is 0.310. The number of esters is 1. The lowest BCUT2D eigenvalue weighted by atomic mass is 10.0. The van der Waals surface area contributed by atoms with E-state index in [1.54, 1.807) is 13.2 Å². The number of carbonyl (C=O) groups excluding carboxylic acids is 1. The maximum absolute atomic E-state index is 11.6. The second-order valence-electron chi connectivity index (χ2n) is 7.23. The van der Waals surface area contributed by atoms with Crippen molar-refractivity contribution < 1.29 is 14.3 Å². The van der Waals surface area contributed by atoms with Crippen LogP contribution in [0.1, 0.15) is 38.4 Å². The monoisotopic (exact) mass is 447 g/mol. The van der Waals surface area contributed by atoms with Crippen molar-refractivity contribution in [2.75, 3.05) is 18.6 Å². The molecule has 2 heterocycles. The zero-order chi connectivity index (χ0) is 21.4. The fourth-order valence-electron chi connectivity index (χ4n) is 4.01. The Morgan fingerprint density at radius 3 is 2.67 bits per heavy atom. The zero-order valence-electron chi connectivity index (χ0n) is 17.1. The molecule has 0 bridgehead atoms. The fourth-order valence-corrected chi connectivity index (χ4v) is 4.48. The molecule has 0 spiro atoms. The van der Waals surface area contributed by atoms with Gasteiger partial charge in [-0.1, -0.05) is 36.2 Å². The molecule has 1 aliphatic rings. The Morgan fingerprint density at radius 2 is 2.00 bits per heavy atom. The van der Waals surface area contributed by atoms with Crippen LogP contribution in [0.4, 0.5) is 11.6 Å². The molecular formula is C22H23Cl2N3O3. The Balaban J connectivity index is 1.89. The van der Waals surface area contributed by atoms with Crippen molar-refractivity contribution in [3.05, 3.63) is 45.9 Å². The van der Waals surface area contributed by atoms with E-state index in [2.05, 4.69) is 9.47 Å². The quantitative estimate of drug-likeness (QED) is 0.455. The standard InChI is InChI=1S/C22H23Cl2N3O3/c1-4-19(30-13(2)28)15-7-8-16(23)20-21(15)27-11-5-10-26(22(27)25-20)18-9-6-14(29-3)12-17(18)24/h6-9,12,19H,4-5,10-11H2,1-3H3. The first-order valence-electron chi connectivity index (χ1n) is 9.91. The number of rotatable bonds is 5. The Hall–Kier alpha value is -2.44. The number of aryl methyl sites for hydroxylation is 1. The van der Waals surface area contributed by atoms with Crippen LogP contribution >= 0.6 is 23.2 Å². The van der Waals surface area contributed by atoms with Gasteiger partial charge in [-0.05, 0) is 31.0 Å². The molecule has 0 N–H and O–H groups in total. The highest BCUT2D eigenvalue weighted by Crippen LogP contribution is 2.41. The summed E-state index contributed by atoms with van der Waals surface area (Å²) in [6.45, 7) is 4.99. The number of aromatic nitrogens is 2. The number of hydrogen-bond donors (Lipinski definition) is 0. The molecule has 0 aliphatic carbocycles. The molecule has 0 saturated carbocycles. The first-order chi connectivity index (χ1) is 14.4. The van der Waals surface area contributed by atoms with Crippen LogP contribution in [-0.4, -0.2) is 29.2 Å². The first-order valence-corrected chi connectivity index (χ1v) is 10.7. The van der Waals surface area contributed by atoms with Gasteiger partial charge >= 0.3 is 5.97 Å². The zero-order valence-corrected chi connectivity index (χ0v) is 18.6. The summed E-state index contributed by atoms with van der Waals surface area (Å²) in [6.07, 6.45) is 1.21. The summed E-state index contributed by atoms with van der Waals surface area (Å²) in [5.41, 5.74) is 3.37. The molecule has 6 nitrogen and oxygen atoms in total. The van der Waals surface area contributed by atoms with Crippen LogP contribution in [0.15, 0.2) is 30.3 Å². The Labute approximate surface area is 185 Å². The summed E-state index contributed by atoms with van der Waals surface area (Å²) in [6, 6.07) is 9.36. The van der Waals surface area contributed by atoms with E-state index in [-0.39, 0.29) is 12.1 Å². The Kier molecular flexibility index (Phi) is 5.80. The van der Waals surface area contributed by atoms with Crippen molar-refractivity contribution >= 4 is 51.8 Å². The summed E-state index contributed by atoms with van der Waals surface area (Å²) < 4.78 is 13.0. The van der Waals surface area contributed by atoms with E-state index in [4.69, 9.17) is 37.7 Å². The van der Waals surface area contributed by atoms with Crippen molar-refractivity contribution in [1.82, 2.24) is 9.55 Å². The van der Waals surface area contributed by atoms with E-state index < -0.39 is 0 Å². The predicted octanol–water partition coefficient (Wildman–Crippen LogP) is 5.91. The minimum atomic E-state index is -0.358. The summed E-state index contributed by atoms with van der Waals surface area (Å²) >= 11 is 13.1. The number of nitrogens with zero attached hydrogens (tertiary/aromatic N) is 3. The molecule has 8 heteroatoms. The fraction of sp³-hybridized carbons (Fsp3) is 0.364. The number of ether oxygens (including phenoxy) is 2. The molecule has 1 aliphatic heterocycles. The summed E-state index contributed by atoms with van der Waals surface area (Å²) in [4.78, 5) is 18.6. The van der Waals surface area contributed by atoms with Crippen LogP contribution in [0.2, 0.25) is 10.0 Å². The van der Waals surface area contributed by atoms with Gasteiger partial charge in [-0.3, -0.25) is 4.79 Å².